The summed E-state index contributed by atoms with van der Waals surface area (Å²) in [4.78, 5) is 0. The summed E-state index contributed by atoms with van der Waals surface area (Å²) in [5.41, 5.74) is 1.11. The fraction of sp³-hybridized carbons (Fsp3) is 0.538. The van der Waals surface area contributed by atoms with Crippen LogP contribution in [0.3, 0.4) is 0 Å². The number of hydrogen-bond acceptors (Lipinski definition) is 1. The summed E-state index contributed by atoms with van der Waals surface area (Å²) in [5, 5.41) is 0. The van der Waals surface area contributed by atoms with E-state index in [1.54, 1.807) is 0 Å². The summed E-state index contributed by atoms with van der Waals surface area (Å²) in [6.45, 7) is 0.846. The fourth-order valence-electron chi connectivity index (χ4n) is 2.13. The normalized spacial score (nSPS) is 16.6. The number of hydrogen-bond donors (Lipinski definition) is 0. The van der Waals surface area contributed by atoms with Crippen LogP contribution in [0, 0.1) is 5.92 Å². The summed E-state index contributed by atoms with van der Waals surface area (Å²) < 4.78 is 6.83. The minimum atomic E-state index is 0.543. The van der Waals surface area contributed by atoms with Crippen molar-refractivity contribution in [1.82, 2.24) is 0 Å². The van der Waals surface area contributed by atoms with Crippen LogP contribution in [0.2, 0.25) is 0 Å². The van der Waals surface area contributed by atoms with Crippen molar-refractivity contribution in [3.63, 3.8) is 0 Å². The summed E-state index contributed by atoms with van der Waals surface area (Å²) in [5.74, 6) is 2.22. The molecule has 2 rings (SSSR count). The highest BCUT2D eigenvalue weighted by atomic mass is 79.9. The SMILES string of the molecule is ClCc1ccc(OCC2CCCC2)c(Br)c1. The highest BCUT2D eigenvalue weighted by molar-refractivity contribution is 9.10. The van der Waals surface area contributed by atoms with E-state index in [-0.39, 0.29) is 0 Å². The molecule has 0 heterocycles. The van der Waals surface area contributed by atoms with Crippen molar-refractivity contribution in [3.8, 4) is 5.75 Å². The zero-order chi connectivity index (χ0) is 11.4. The van der Waals surface area contributed by atoms with E-state index in [0.717, 1.165) is 28.3 Å². The Morgan fingerprint density at radius 1 is 1.31 bits per heavy atom. The maximum atomic E-state index is 5.83. The van der Waals surface area contributed by atoms with Gasteiger partial charge in [0.25, 0.3) is 0 Å². The molecule has 0 atom stereocenters. The molecule has 0 radical (unpaired) electrons. The van der Waals surface area contributed by atoms with Crippen LogP contribution in [0.5, 0.6) is 5.75 Å². The first-order valence-electron chi connectivity index (χ1n) is 5.77. The largest absolute Gasteiger partial charge is 0.492 e. The van der Waals surface area contributed by atoms with Crippen molar-refractivity contribution in [2.75, 3.05) is 6.61 Å². The third kappa shape index (κ3) is 3.14. The highest BCUT2D eigenvalue weighted by Gasteiger charge is 2.16. The number of ether oxygens (including phenoxy) is 1. The van der Waals surface area contributed by atoms with E-state index in [1.165, 1.54) is 25.7 Å². The Labute approximate surface area is 110 Å². The highest BCUT2D eigenvalue weighted by Crippen LogP contribution is 2.29. The van der Waals surface area contributed by atoms with Crippen molar-refractivity contribution in [2.45, 2.75) is 31.6 Å². The van der Waals surface area contributed by atoms with Crippen LogP contribution < -0.4 is 4.74 Å². The Morgan fingerprint density at radius 2 is 2.06 bits per heavy atom. The van der Waals surface area contributed by atoms with E-state index in [9.17, 15) is 0 Å². The molecule has 1 aliphatic carbocycles. The first kappa shape index (κ1) is 12.3. The van der Waals surface area contributed by atoms with Crippen molar-refractivity contribution in [3.05, 3.63) is 28.2 Å². The van der Waals surface area contributed by atoms with Gasteiger partial charge in [0.2, 0.25) is 0 Å². The van der Waals surface area contributed by atoms with E-state index >= 15 is 0 Å². The lowest BCUT2D eigenvalue weighted by Crippen LogP contribution is -2.08. The topological polar surface area (TPSA) is 9.23 Å². The van der Waals surface area contributed by atoms with Crippen molar-refractivity contribution >= 4 is 27.5 Å². The van der Waals surface area contributed by atoms with E-state index in [4.69, 9.17) is 16.3 Å². The molecular formula is C13H16BrClO. The van der Waals surface area contributed by atoms with E-state index in [0.29, 0.717) is 5.88 Å². The maximum absolute atomic E-state index is 5.83. The molecule has 0 aliphatic heterocycles. The molecule has 0 spiro atoms. The molecule has 0 amide bonds. The molecule has 1 nitrogen and oxygen atoms in total. The molecular weight excluding hydrogens is 287 g/mol. The monoisotopic (exact) mass is 302 g/mol. The number of benzene rings is 1. The maximum Gasteiger partial charge on any atom is 0.133 e. The zero-order valence-corrected chi connectivity index (χ0v) is 11.6. The quantitative estimate of drug-likeness (QED) is 0.729. The molecule has 16 heavy (non-hydrogen) atoms. The van der Waals surface area contributed by atoms with Gasteiger partial charge in [-0.25, -0.2) is 0 Å². The molecule has 3 heteroatoms. The van der Waals surface area contributed by atoms with Gasteiger partial charge in [0, 0.05) is 5.88 Å². The predicted molar refractivity (Wildman–Crippen MR) is 71.2 cm³/mol. The van der Waals surface area contributed by atoms with Crippen molar-refractivity contribution in [2.24, 2.45) is 5.92 Å². The van der Waals surface area contributed by atoms with Gasteiger partial charge in [0.05, 0.1) is 11.1 Å². The number of rotatable bonds is 4. The van der Waals surface area contributed by atoms with Crippen LogP contribution in [0.15, 0.2) is 22.7 Å². The Hall–Kier alpha value is -0.210. The number of halogens is 2. The molecule has 1 aromatic carbocycles. The van der Waals surface area contributed by atoms with Gasteiger partial charge in [-0.2, -0.15) is 0 Å². The third-order valence-electron chi connectivity index (χ3n) is 3.10. The van der Waals surface area contributed by atoms with Crippen LogP contribution in [-0.4, -0.2) is 6.61 Å². The van der Waals surface area contributed by atoms with Gasteiger partial charge in [-0.15, -0.1) is 11.6 Å². The van der Waals surface area contributed by atoms with Gasteiger partial charge in [-0.05, 0) is 52.4 Å². The minimum absolute atomic E-state index is 0.543. The second-order valence-corrected chi connectivity index (χ2v) is 5.48. The first-order valence-corrected chi connectivity index (χ1v) is 7.09. The first-order chi connectivity index (χ1) is 7.79. The molecule has 0 N–H and O–H groups in total. The Morgan fingerprint density at radius 3 is 2.69 bits per heavy atom. The second-order valence-electron chi connectivity index (χ2n) is 4.36. The summed E-state index contributed by atoms with van der Waals surface area (Å²) in [7, 11) is 0. The third-order valence-corrected chi connectivity index (χ3v) is 4.03. The van der Waals surface area contributed by atoms with Crippen LogP contribution >= 0.6 is 27.5 Å². The molecule has 1 aromatic rings. The molecule has 0 bridgehead atoms. The van der Waals surface area contributed by atoms with Gasteiger partial charge in [0.15, 0.2) is 0 Å². The number of alkyl halides is 1. The fourth-order valence-corrected chi connectivity index (χ4v) is 2.84. The standard InChI is InChI=1S/C13H16BrClO/c14-12-7-11(8-15)5-6-13(12)16-9-10-3-1-2-4-10/h5-7,10H,1-4,8-9H2. The molecule has 1 saturated carbocycles. The second kappa shape index (κ2) is 5.92. The van der Waals surface area contributed by atoms with Crippen molar-refractivity contribution in [1.29, 1.82) is 0 Å². The molecule has 0 unspecified atom stereocenters. The van der Waals surface area contributed by atoms with Crippen LogP contribution in [0.1, 0.15) is 31.2 Å². The Kier molecular flexibility index (Phi) is 4.54. The summed E-state index contributed by atoms with van der Waals surface area (Å²) >= 11 is 9.28. The molecule has 88 valence electrons. The molecule has 1 aliphatic rings. The van der Waals surface area contributed by atoms with E-state index in [2.05, 4.69) is 15.9 Å². The Balaban J connectivity index is 1.93. The lowest BCUT2D eigenvalue weighted by atomic mass is 10.1. The van der Waals surface area contributed by atoms with Crippen LogP contribution in [0.4, 0.5) is 0 Å². The van der Waals surface area contributed by atoms with Gasteiger partial charge < -0.3 is 4.74 Å². The van der Waals surface area contributed by atoms with Crippen molar-refractivity contribution < 1.29 is 4.74 Å². The lowest BCUT2D eigenvalue weighted by molar-refractivity contribution is 0.251. The molecule has 0 saturated heterocycles. The average molecular weight is 304 g/mol. The van der Waals surface area contributed by atoms with Gasteiger partial charge in [-0.3, -0.25) is 0 Å². The van der Waals surface area contributed by atoms with E-state index < -0.39 is 0 Å². The summed E-state index contributed by atoms with van der Waals surface area (Å²) in [6.07, 6.45) is 5.36. The minimum Gasteiger partial charge on any atom is -0.492 e. The molecule has 1 fully saturated rings. The smallest absolute Gasteiger partial charge is 0.133 e. The molecule has 0 aromatic heterocycles. The van der Waals surface area contributed by atoms with Crippen LogP contribution in [0.25, 0.3) is 0 Å². The zero-order valence-electron chi connectivity index (χ0n) is 9.22. The lowest BCUT2D eigenvalue weighted by Gasteiger charge is -2.13. The van der Waals surface area contributed by atoms with Gasteiger partial charge >= 0.3 is 0 Å². The van der Waals surface area contributed by atoms with E-state index in [1.807, 2.05) is 18.2 Å². The van der Waals surface area contributed by atoms with Gasteiger partial charge in [0.1, 0.15) is 5.75 Å². The van der Waals surface area contributed by atoms with Gasteiger partial charge in [-0.1, -0.05) is 18.9 Å². The average Bonchev–Trinajstić information content (AvgIpc) is 2.80. The summed E-state index contributed by atoms with van der Waals surface area (Å²) in [6, 6.07) is 6.04. The van der Waals surface area contributed by atoms with Crippen LogP contribution in [-0.2, 0) is 5.88 Å². The Bertz CT molecular complexity index is 348. The predicted octanol–water partition coefficient (Wildman–Crippen LogP) is 4.76.